The lowest BCUT2D eigenvalue weighted by molar-refractivity contribution is 0.412. The summed E-state index contributed by atoms with van der Waals surface area (Å²) in [4.78, 5) is 0. The largest absolute Gasteiger partial charge is 0.496 e. The Kier molecular flexibility index (Phi) is 1.47. The van der Waals surface area contributed by atoms with Crippen LogP contribution in [-0.4, -0.2) is 7.06 Å². The van der Waals surface area contributed by atoms with Crippen molar-refractivity contribution in [3.05, 3.63) is 28.8 Å². The van der Waals surface area contributed by atoms with Crippen LogP contribution in [0.2, 0.25) is 5.02 Å². The lowest BCUT2D eigenvalue weighted by Gasteiger charge is -2.02. The molecule has 0 aromatic heterocycles. The van der Waals surface area contributed by atoms with Gasteiger partial charge in [-0.2, -0.15) is 0 Å². The van der Waals surface area contributed by atoms with Gasteiger partial charge in [0.15, 0.2) is 0 Å². The minimum Gasteiger partial charge on any atom is -0.496 e. The third-order valence-electron chi connectivity index (χ3n) is 1.28. The number of benzene rings is 1. The van der Waals surface area contributed by atoms with Crippen LogP contribution in [0, 0.1) is 6.92 Å². The maximum atomic E-state index is 6.88. The Bertz CT molecular complexity index is 276. The molecular weight excluding hydrogens is 149 g/mol. The van der Waals surface area contributed by atoms with Crippen molar-refractivity contribution in [3.8, 4) is 5.75 Å². The molecule has 1 aromatic rings. The quantitative estimate of drug-likeness (QED) is 0.573. The predicted octanol–water partition coefficient (Wildman–Crippen LogP) is 2.66. The van der Waals surface area contributed by atoms with E-state index < -0.39 is 7.06 Å². The van der Waals surface area contributed by atoms with Crippen molar-refractivity contribution >= 4 is 11.6 Å². The topological polar surface area (TPSA) is 9.23 Å². The van der Waals surface area contributed by atoms with Gasteiger partial charge in [-0.05, 0) is 24.6 Å². The van der Waals surface area contributed by atoms with Gasteiger partial charge >= 0.3 is 0 Å². The molecule has 0 N–H and O–H groups in total. The Morgan fingerprint density at radius 1 is 1.60 bits per heavy atom. The van der Waals surface area contributed by atoms with E-state index in [1.54, 1.807) is 18.2 Å². The van der Waals surface area contributed by atoms with Gasteiger partial charge in [0.05, 0.1) is 9.80 Å². The number of hydrogen-bond acceptors (Lipinski definition) is 1. The molecule has 0 heterocycles. The maximum absolute atomic E-state index is 6.88. The second kappa shape index (κ2) is 2.93. The average molecular weight is 160 g/mol. The molecule has 54 valence electrons. The third-order valence-corrected chi connectivity index (χ3v) is 1.51. The van der Waals surface area contributed by atoms with Gasteiger partial charge in [0.1, 0.15) is 5.75 Å². The third kappa shape index (κ3) is 1.42. The van der Waals surface area contributed by atoms with Crippen LogP contribution in [0.25, 0.3) is 0 Å². The van der Waals surface area contributed by atoms with Crippen LogP contribution in [0.15, 0.2) is 18.2 Å². The molecule has 0 bridgehead atoms. The Morgan fingerprint density at radius 3 is 3.10 bits per heavy atom. The number of halogens is 1. The highest BCUT2D eigenvalue weighted by Gasteiger charge is 1.96. The lowest BCUT2D eigenvalue weighted by Crippen LogP contribution is -1.85. The van der Waals surface area contributed by atoms with E-state index in [4.69, 9.17) is 19.1 Å². The highest BCUT2D eigenvalue weighted by Crippen LogP contribution is 2.21. The van der Waals surface area contributed by atoms with E-state index in [1.165, 1.54) is 0 Å². The summed E-state index contributed by atoms with van der Waals surface area (Å²) in [7, 11) is -1.30. The zero-order valence-electron chi connectivity index (χ0n) is 7.60. The van der Waals surface area contributed by atoms with E-state index >= 15 is 0 Å². The normalized spacial score (nSPS) is 12.7. The van der Waals surface area contributed by atoms with Crippen molar-refractivity contribution in [1.82, 2.24) is 0 Å². The molecule has 1 nitrogen and oxygen atoms in total. The number of ether oxygens (including phenoxy) is 1. The van der Waals surface area contributed by atoms with Crippen molar-refractivity contribution in [1.29, 1.82) is 0 Å². The van der Waals surface area contributed by atoms with Crippen LogP contribution >= 0.6 is 11.6 Å². The maximum Gasteiger partial charge on any atom is 0.123 e. The van der Waals surface area contributed by atoms with Crippen LogP contribution < -0.4 is 4.74 Å². The van der Waals surface area contributed by atoms with Gasteiger partial charge in [-0.3, -0.25) is 0 Å². The summed E-state index contributed by atoms with van der Waals surface area (Å²) in [5.41, 5.74) is 0.879. The van der Waals surface area contributed by atoms with Crippen LogP contribution in [0.4, 0.5) is 0 Å². The van der Waals surface area contributed by atoms with Gasteiger partial charge in [-0.25, -0.2) is 0 Å². The fraction of sp³-hybridized carbons (Fsp3) is 0.250. The number of hydrogen-bond donors (Lipinski definition) is 0. The highest BCUT2D eigenvalue weighted by atomic mass is 35.5. The smallest absolute Gasteiger partial charge is 0.123 e. The molecule has 0 unspecified atom stereocenters. The van der Waals surface area contributed by atoms with E-state index in [-0.39, 0.29) is 0 Å². The molecule has 1 aromatic carbocycles. The van der Waals surface area contributed by atoms with Gasteiger partial charge in [0, 0.05) is 5.02 Å². The molecule has 0 amide bonds. The van der Waals surface area contributed by atoms with Crippen LogP contribution in [0.3, 0.4) is 0 Å². The van der Waals surface area contributed by atoms with Gasteiger partial charge in [0.2, 0.25) is 0 Å². The van der Waals surface area contributed by atoms with E-state index in [2.05, 4.69) is 0 Å². The number of rotatable bonds is 1. The Hall–Kier alpha value is -0.690. The van der Waals surface area contributed by atoms with E-state index in [9.17, 15) is 0 Å². The second-order valence-electron chi connectivity index (χ2n) is 2.03. The van der Waals surface area contributed by atoms with Crippen molar-refractivity contribution in [2.45, 2.75) is 6.92 Å². The van der Waals surface area contributed by atoms with Crippen LogP contribution in [-0.2, 0) is 0 Å². The summed E-state index contributed by atoms with van der Waals surface area (Å²) in [6.07, 6.45) is 0. The first kappa shape index (κ1) is 5.03. The van der Waals surface area contributed by atoms with Gasteiger partial charge in [-0.1, -0.05) is 17.7 Å². The highest BCUT2D eigenvalue weighted by molar-refractivity contribution is 6.30. The standard InChI is InChI=1S/C8H9ClO/c1-6-3-4-7(9)5-8(6)10-2/h3-5H,1-2H3/i2+1D2. The monoisotopic (exact) mass is 159 g/mol. The number of aryl methyl sites for hydroxylation is 1. The average Bonchev–Trinajstić information content (AvgIpc) is 1.96. The van der Waals surface area contributed by atoms with Crippen molar-refractivity contribution in [3.63, 3.8) is 0 Å². The van der Waals surface area contributed by atoms with Gasteiger partial charge in [0.25, 0.3) is 0 Å². The molecule has 0 aliphatic rings. The predicted molar refractivity (Wildman–Crippen MR) is 42.7 cm³/mol. The summed E-state index contributed by atoms with van der Waals surface area (Å²) in [5, 5.41) is 0.552. The zero-order chi connectivity index (χ0) is 9.14. The summed E-state index contributed by atoms with van der Waals surface area (Å²) < 4.78 is 18.6. The summed E-state index contributed by atoms with van der Waals surface area (Å²) >= 11 is 5.70. The molecule has 0 saturated heterocycles. The number of methoxy groups -OCH3 is 1. The Morgan fingerprint density at radius 2 is 2.40 bits per heavy atom. The molecule has 0 saturated carbocycles. The Labute approximate surface area is 68.4 Å². The van der Waals surface area contributed by atoms with Crippen molar-refractivity contribution in [2.75, 3.05) is 7.06 Å². The first-order valence-corrected chi connectivity index (χ1v) is 3.24. The van der Waals surface area contributed by atoms with E-state index in [1.807, 2.05) is 6.92 Å². The summed E-state index contributed by atoms with van der Waals surface area (Å²) in [6, 6.07) is 5.14. The molecule has 2 heteroatoms. The molecular formula is C8H9ClO. The molecule has 0 atom stereocenters. The van der Waals surface area contributed by atoms with Crippen molar-refractivity contribution in [2.24, 2.45) is 0 Å². The molecule has 0 aliphatic carbocycles. The summed E-state index contributed by atoms with van der Waals surface area (Å²) in [5.74, 6) is 0.498. The SMILES string of the molecule is [2H][13CH]([2H])Oc1cc(Cl)ccc1C. The van der Waals surface area contributed by atoms with E-state index in [0.29, 0.717) is 10.8 Å². The zero-order valence-corrected chi connectivity index (χ0v) is 6.35. The molecule has 10 heavy (non-hydrogen) atoms. The Balaban J connectivity index is 2.90. The van der Waals surface area contributed by atoms with Gasteiger partial charge < -0.3 is 4.74 Å². The van der Waals surface area contributed by atoms with Crippen LogP contribution in [0.1, 0.15) is 8.30 Å². The molecule has 0 spiro atoms. The van der Waals surface area contributed by atoms with Crippen LogP contribution in [0.5, 0.6) is 5.75 Å². The fourth-order valence-corrected chi connectivity index (χ4v) is 0.863. The second-order valence-corrected chi connectivity index (χ2v) is 2.46. The lowest BCUT2D eigenvalue weighted by atomic mass is 10.2. The minimum atomic E-state index is -1.30. The first-order valence-electron chi connectivity index (χ1n) is 4.02. The molecule has 1 rings (SSSR count). The van der Waals surface area contributed by atoms with E-state index in [0.717, 1.165) is 5.56 Å². The van der Waals surface area contributed by atoms with Crippen molar-refractivity contribution < 1.29 is 7.48 Å². The van der Waals surface area contributed by atoms with Gasteiger partial charge in [-0.15, -0.1) is 0 Å². The molecule has 0 radical (unpaired) electrons. The summed E-state index contributed by atoms with van der Waals surface area (Å²) in [6.45, 7) is 1.84. The minimum absolute atomic E-state index is 0.498. The molecule has 0 aliphatic heterocycles. The fourth-order valence-electron chi connectivity index (χ4n) is 0.701. The first-order chi connectivity index (χ1) is 5.59. The molecule has 0 fully saturated rings.